The fraction of sp³-hybridized carbons (Fsp3) is 0.638. The number of ether oxygens (including phenoxy) is 2. The number of carbonyl (C=O) groups excluding carboxylic acids is 3. The number of fused-ring (bicyclic) bond motifs is 5. The molecule has 3 saturated heterocycles. The van der Waals surface area contributed by atoms with Crippen molar-refractivity contribution in [2.24, 2.45) is 29.1 Å². The van der Waals surface area contributed by atoms with E-state index in [1.54, 1.807) is 32.9 Å². The molecular formula is C47H63NO15S. The normalized spacial score (nSPS) is 44.9. The summed E-state index contributed by atoms with van der Waals surface area (Å²) < 4.78 is 44.2. The minimum atomic E-state index is -4.67. The number of rotatable bonds is 5. The minimum Gasteiger partial charge on any atom is -0.453 e. The second kappa shape index (κ2) is 16.4. The standard InChI is InChI=1S/C32H49NO9.C15H12O2.H2O4S/c1-6-18(3)25(35)41-24-11-12-26(4)19-8-9-20-28(37)13-23(34)31(39)21(29(28,38)16-30(20,26)42-32(19,24)40)15-33-14-17(2)7-10-22(33)27(31,5)36;1-2-13(11-6-4-3-5-7-11)14-10-12(16)8-9-15(14)17;1-5(2,3)4/h6,17,19-24,34,36-40H,7-16H2,1-5H3;2-10,13H,1H2;(H2,1,2,3,4). The summed E-state index contributed by atoms with van der Waals surface area (Å²) in [6.45, 7) is 13.8. The lowest BCUT2D eigenvalue weighted by Gasteiger charge is -2.68. The average Bonchev–Trinajstić information content (AvgIpc) is 3.39. The molecule has 352 valence electrons. The topological polar surface area (TPSA) is 269 Å². The molecule has 8 aliphatic rings. The van der Waals surface area contributed by atoms with Crippen molar-refractivity contribution < 1.29 is 72.0 Å². The van der Waals surface area contributed by atoms with Crippen molar-refractivity contribution in [3.63, 3.8) is 0 Å². The Balaban J connectivity index is 0.000000230. The highest BCUT2D eigenvalue weighted by molar-refractivity contribution is 7.79. The smallest absolute Gasteiger partial charge is 0.394 e. The largest absolute Gasteiger partial charge is 0.453 e. The molecule has 17 heteroatoms. The second-order valence-corrected chi connectivity index (χ2v) is 20.8. The monoisotopic (exact) mass is 913 g/mol. The highest BCUT2D eigenvalue weighted by Crippen LogP contribution is 2.78. The van der Waals surface area contributed by atoms with Crippen molar-refractivity contribution in [2.75, 3.05) is 13.1 Å². The van der Waals surface area contributed by atoms with Gasteiger partial charge < -0.3 is 40.1 Å². The molecule has 0 radical (unpaired) electrons. The Bertz CT molecular complexity index is 2250. The summed E-state index contributed by atoms with van der Waals surface area (Å²) in [4.78, 5) is 38.0. The molecule has 15 unspecified atom stereocenters. The van der Waals surface area contributed by atoms with E-state index >= 15 is 0 Å². The zero-order valence-electron chi connectivity index (χ0n) is 37.0. The van der Waals surface area contributed by atoms with Crippen LogP contribution >= 0.6 is 0 Å². The van der Waals surface area contributed by atoms with Gasteiger partial charge in [0.2, 0.25) is 5.79 Å². The van der Waals surface area contributed by atoms with Gasteiger partial charge in [0.05, 0.1) is 11.7 Å². The van der Waals surface area contributed by atoms with Gasteiger partial charge in [0.15, 0.2) is 17.7 Å². The van der Waals surface area contributed by atoms with E-state index in [1.807, 2.05) is 37.3 Å². The van der Waals surface area contributed by atoms with Crippen LogP contribution in [0.3, 0.4) is 0 Å². The van der Waals surface area contributed by atoms with E-state index in [-0.39, 0.29) is 42.9 Å². The van der Waals surface area contributed by atoms with E-state index in [0.29, 0.717) is 55.7 Å². The van der Waals surface area contributed by atoms with E-state index in [9.17, 15) is 45.0 Å². The SMILES string of the molecule is C=CC(C1=CC(=O)C=CC1=O)c1ccccc1.CC=C(C)C(=O)OC1CCC2(C)C3CCC4C5(O)CC(O)C6(O)C(CN7CC(C)CCC7C6(C)O)C5(O)CC42OC13O.O=S(=O)(O)O. The molecular weight excluding hydrogens is 851 g/mol. The summed E-state index contributed by atoms with van der Waals surface area (Å²) in [5.74, 6) is -4.55. The number of nitrogens with zero attached hydrogens (tertiary/aromatic N) is 1. The fourth-order valence-corrected chi connectivity index (χ4v) is 13.7. The fourth-order valence-electron chi connectivity index (χ4n) is 13.7. The maximum atomic E-state index is 12.9. The van der Waals surface area contributed by atoms with E-state index < -0.39 is 85.5 Å². The Hall–Kier alpha value is -3.46. The first kappa shape index (κ1) is 48.5. The van der Waals surface area contributed by atoms with Crippen LogP contribution in [0.1, 0.15) is 97.5 Å². The number of aliphatic hydroxyl groups is 6. The van der Waals surface area contributed by atoms with Crippen LogP contribution in [0.15, 0.2) is 78.4 Å². The van der Waals surface area contributed by atoms with Crippen LogP contribution in [0.25, 0.3) is 0 Å². The molecule has 7 fully saturated rings. The third-order valence-corrected chi connectivity index (χ3v) is 16.8. The van der Waals surface area contributed by atoms with E-state index in [1.165, 1.54) is 18.2 Å². The number of piperidine rings is 2. The van der Waals surface area contributed by atoms with E-state index in [0.717, 1.165) is 12.0 Å². The lowest BCUT2D eigenvalue weighted by Crippen LogP contribution is -2.85. The Labute approximate surface area is 373 Å². The Morgan fingerprint density at radius 1 is 0.938 bits per heavy atom. The molecule has 15 atom stereocenters. The minimum absolute atomic E-state index is 0.0606. The average molecular weight is 914 g/mol. The first-order valence-corrected chi connectivity index (χ1v) is 23.5. The van der Waals surface area contributed by atoms with Gasteiger partial charge >= 0.3 is 16.4 Å². The van der Waals surface area contributed by atoms with Crippen LogP contribution in [0.4, 0.5) is 0 Å². The van der Waals surface area contributed by atoms with Crippen LogP contribution in [-0.4, -0.2) is 136 Å². The van der Waals surface area contributed by atoms with Gasteiger partial charge in [0, 0.05) is 72.2 Å². The molecule has 1 aromatic rings. The molecule has 3 aliphatic heterocycles. The van der Waals surface area contributed by atoms with Gasteiger partial charge in [-0.2, -0.15) is 8.42 Å². The predicted molar refractivity (Wildman–Crippen MR) is 230 cm³/mol. The van der Waals surface area contributed by atoms with Gasteiger partial charge in [-0.15, -0.1) is 6.58 Å². The van der Waals surface area contributed by atoms with E-state index in [2.05, 4.69) is 18.4 Å². The zero-order valence-corrected chi connectivity index (χ0v) is 37.8. The molecule has 9 rings (SSSR count). The lowest BCUT2D eigenvalue weighted by atomic mass is 9.49. The molecule has 4 saturated carbocycles. The van der Waals surface area contributed by atoms with Crippen LogP contribution in [0, 0.1) is 29.1 Å². The highest BCUT2D eigenvalue weighted by atomic mass is 32.3. The Kier molecular flexibility index (Phi) is 12.4. The summed E-state index contributed by atoms with van der Waals surface area (Å²) in [5.41, 5.74) is -7.51. The molecule has 5 aliphatic carbocycles. The number of carbonyl (C=O) groups is 3. The van der Waals surface area contributed by atoms with Gasteiger partial charge in [-0.3, -0.25) is 23.6 Å². The number of hydrogen-bond acceptors (Lipinski definition) is 14. The molecule has 0 aromatic heterocycles. The molecule has 64 heavy (non-hydrogen) atoms. The molecule has 4 bridgehead atoms. The van der Waals surface area contributed by atoms with Gasteiger partial charge in [-0.1, -0.05) is 56.3 Å². The molecule has 0 amide bonds. The maximum Gasteiger partial charge on any atom is 0.394 e. The maximum absolute atomic E-state index is 12.9. The van der Waals surface area contributed by atoms with Crippen LogP contribution in [0.2, 0.25) is 0 Å². The summed E-state index contributed by atoms with van der Waals surface area (Å²) in [6, 6.07) is 9.16. The number of allylic oxidation sites excluding steroid dienone is 6. The number of ketones is 2. The number of hydrogen-bond donors (Lipinski definition) is 8. The van der Waals surface area contributed by atoms with Crippen molar-refractivity contribution in [1.82, 2.24) is 4.90 Å². The first-order chi connectivity index (χ1) is 29.7. The third-order valence-electron chi connectivity index (χ3n) is 16.8. The van der Waals surface area contributed by atoms with Crippen molar-refractivity contribution in [1.29, 1.82) is 0 Å². The Morgan fingerprint density at radius 2 is 1.58 bits per heavy atom. The predicted octanol–water partition coefficient (Wildman–Crippen LogP) is 2.93. The van der Waals surface area contributed by atoms with Crippen LogP contribution in [0.5, 0.6) is 0 Å². The molecule has 1 aromatic carbocycles. The van der Waals surface area contributed by atoms with Crippen LogP contribution < -0.4 is 0 Å². The van der Waals surface area contributed by atoms with Crippen molar-refractivity contribution in [2.45, 2.75) is 144 Å². The Morgan fingerprint density at radius 3 is 2.20 bits per heavy atom. The molecule has 3 heterocycles. The second-order valence-electron chi connectivity index (χ2n) is 19.9. The van der Waals surface area contributed by atoms with E-state index in [4.69, 9.17) is 27.0 Å². The summed E-state index contributed by atoms with van der Waals surface area (Å²) in [7, 11) is -4.67. The van der Waals surface area contributed by atoms with Crippen molar-refractivity contribution in [3.8, 4) is 0 Å². The molecule has 8 N–H and O–H groups in total. The summed E-state index contributed by atoms with van der Waals surface area (Å²) >= 11 is 0. The number of aliphatic hydroxyl groups excluding tert-OH is 1. The van der Waals surface area contributed by atoms with Gasteiger partial charge in [-0.05, 0) is 89.0 Å². The van der Waals surface area contributed by atoms with Crippen LogP contribution in [-0.2, 0) is 34.3 Å². The molecule has 1 spiro atoms. The number of esters is 1. The van der Waals surface area contributed by atoms with Gasteiger partial charge in [0.25, 0.3) is 0 Å². The zero-order chi connectivity index (χ0) is 47.2. The van der Waals surface area contributed by atoms with Crippen molar-refractivity contribution in [3.05, 3.63) is 84.0 Å². The van der Waals surface area contributed by atoms with Gasteiger partial charge in [0.1, 0.15) is 22.4 Å². The molecule has 16 nitrogen and oxygen atoms in total. The number of benzene rings is 1. The lowest BCUT2D eigenvalue weighted by molar-refractivity contribution is -0.354. The summed E-state index contributed by atoms with van der Waals surface area (Å²) in [6.07, 6.45) is 7.98. The quantitative estimate of drug-likeness (QED) is 0.0694. The van der Waals surface area contributed by atoms with Crippen molar-refractivity contribution >= 4 is 27.9 Å². The van der Waals surface area contributed by atoms with Gasteiger partial charge in [-0.25, -0.2) is 4.79 Å². The third kappa shape index (κ3) is 7.25. The highest BCUT2D eigenvalue weighted by Gasteiger charge is 2.88. The summed E-state index contributed by atoms with van der Waals surface area (Å²) in [5, 5.41) is 73.9. The first-order valence-electron chi connectivity index (χ1n) is 22.1.